The maximum absolute atomic E-state index is 12.0. The first-order chi connectivity index (χ1) is 13.3. The van der Waals surface area contributed by atoms with Crippen molar-refractivity contribution in [2.45, 2.75) is 38.8 Å². The van der Waals surface area contributed by atoms with Gasteiger partial charge in [0.2, 0.25) is 0 Å². The zero-order valence-corrected chi connectivity index (χ0v) is 16.0. The van der Waals surface area contributed by atoms with Gasteiger partial charge in [0, 0.05) is 0 Å². The van der Waals surface area contributed by atoms with Crippen LogP contribution in [0.1, 0.15) is 26.7 Å². The van der Waals surface area contributed by atoms with E-state index in [1.54, 1.807) is 31.2 Å². The fraction of sp³-hybridized carbons (Fsp3) is 0.474. The highest BCUT2D eigenvalue weighted by Gasteiger charge is 2.31. The molecule has 0 aromatic heterocycles. The molecule has 0 aliphatic carbocycles. The van der Waals surface area contributed by atoms with Crippen molar-refractivity contribution in [1.29, 1.82) is 0 Å². The van der Waals surface area contributed by atoms with Crippen molar-refractivity contribution < 1.29 is 33.4 Å². The molecule has 0 saturated heterocycles. The zero-order valence-electron chi connectivity index (χ0n) is 16.0. The molecule has 0 unspecified atom stereocenters. The number of anilines is 1. The number of ether oxygens (including phenoxy) is 3. The van der Waals surface area contributed by atoms with E-state index in [1.807, 2.05) is 6.92 Å². The van der Waals surface area contributed by atoms with Gasteiger partial charge in [-0.1, -0.05) is 32.4 Å². The van der Waals surface area contributed by atoms with Crippen molar-refractivity contribution in [1.82, 2.24) is 5.32 Å². The Kier molecular flexibility index (Phi) is 7.36. The van der Waals surface area contributed by atoms with Gasteiger partial charge in [0.15, 0.2) is 12.7 Å². The van der Waals surface area contributed by atoms with E-state index in [0.717, 1.165) is 0 Å². The largest absolute Gasteiger partial charge is 0.478 e. The predicted molar refractivity (Wildman–Crippen MR) is 98.5 cm³/mol. The molecular formula is C19H24N2O7. The van der Waals surface area contributed by atoms with Crippen LogP contribution in [-0.4, -0.2) is 49.6 Å². The molecule has 0 spiro atoms. The summed E-state index contributed by atoms with van der Waals surface area (Å²) >= 11 is 0. The maximum Gasteiger partial charge on any atom is 0.328 e. The van der Waals surface area contributed by atoms with Crippen LogP contribution in [0, 0.1) is 5.92 Å². The van der Waals surface area contributed by atoms with E-state index in [-0.39, 0.29) is 12.3 Å². The molecule has 1 aromatic carbocycles. The molecule has 1 aliphatic rings. The summed E-state index contributed by atoms with van der Waals surface area (Å²) in [6, 6.07) is 6.01. The summed E-state index contributed by atoms with van der Waals surface area (Å²) < 4.78 is 15.1. The first-order valence-electron chi connectivity index (χ1n) is 8.95. The van der Waals surface area contributed by atoms with E-state index < -0.39 is 42.5 Å². The van der Waals surface area contributed by atoms with Gasteiger partial charge in [0.1, 0.15) is 11.8 Å². The number of amides is 2. The molecule has 28 heavy (non-hydrogen) atoms. The average Bonchev–Trinajstić information content (AvgIpc) is 2.69. The van der Waals surface area contributed by atoms with E-state index in [9.17, 15) is 19.2 Å². The number of fused-ring (bicyclic) bond motifs is 1. The van der Waals surface area contributed by atoms with Gasteiger partial charge in [-0.15, -0.1) is 0 Å². The van der Waals surface area contributed by atoms with Crippen molar-refractivity contribution in [3.8, 4) is 5.75 Å². The Balaban J connectivity index is 1.84. The number of carbonyl (C=O) groups excluding carboxylic acids is 4. The monoisotopic (exact) mass is 392 g/mol. The summed E-state index contributed by atoms with van der Waals surface area (Å²) in [5.74, 6) is -2.14. The number of esters is 2. The Labute approximate surface area is 162 Å². The number of para-hydroxylation sites is 2. The van der Waals surface area contributed by atoms with E-state index in [2.05, 4.69) is 15.4 Å². The zero-order chi connectivity index (χ0) is 20.7. The second kappa shape index (κ2) is 9.72. The Morgan fingerprint density at radius 3 is 2.68 bits per heavy atom. The summed E-state index contributed by atoms with van der Waals surface area (Å²) in [7, 11) is 1.23. The van der Waals surface area contributed by atoms with Crippen molar-refractivity contribution in [3.05, 3.63) is 24.3 Å². The number of nitrogens with one attached hydrogen (secondary N) is 2. The number of carbonyl (C=O) groups is 4. The third kappa shape index (κ3) is 5.45. The SMILES string of the molecule is CC[C@H](C)[C@@H](NC(=O)COC(=O)C[C@H]1Oc2ccccc2NC1=O)C(=O)OC. The van der Waals surface area contributed by atoms with Crippen molar-refractivity contribution in [3.63, 3.8) is 0 Å². The Morgan fingerprint density at radius 1 is 1.29 bits per heavy atom. The highest BCUT2D eigenvalue weighted by Crippen LogP contribution is 2.29. The quantitative estimate of drug-likeness (QED) is 0.634. The number of methoxy groups -OCH3 is 1. The summed E-state index contributed by atoms with van der Waals surface area (Å²) in [5.41, 5.74) is 0.524. The molecular weight excluding hydrogens is 368 g/mol. The number of rotatable bonds is 8. The second-order valence-electron chi connectivity index (χ2n) is 6.41. The summed E-state index contributed by atoms with van der Waals surface area (Å²) in [6.45, 7) is 3.10. The van der Waals surface area contributed by atoms with Gasteiger partial charge in [-0.25, -0.2) is 4.79 Å². The van der Waals surface area contributed by atoms with E-state index in [1.165, 1.54) is 7.11 Å². The number of benzene rings is 1. The molecule has 0 bridgehead atoms. The van der Waals surface area contributed by atoms with Gasteiger partial charge in [-0.05, 0) is 18.1 Å². The summed E-state index contributed by atoms with van der Waals surface area (Å²) in [5, 5.41) is 5.14. The highest BCUT2D eigenvalue weighted by molar-refractivity contribution is 5.99. The van der Waals surface area contributed by atoms with E-state index in [4.69, 9.17) is 9.47 Å². The lowest BCUT2D eigenvalue weighted by Crippen LogP contribution is -2.47. The molecule has 0 radical (unpaired) electrons. The fourth-order valence-corrected chi connectivity index (χ4v) is 2.59. The second-order valence-corrected chi connectivity index (χ2v) is 6.41. The maximum atomic E-state index is 12.0. The molecule has 1 aliphatic heterocycles. The first kappa shape index (κ1) is 21.2. The lowest BCUT2D eigenvalue weighted by Gasteiger charge is -2.25. The molecule has 2 rings (SSSR count). The minimum Gasteiger partial charge on any atom is -0.478 e. The summed E-state index contributed by atoms with van der Waals surface area (Å²) in [6.07, 6.45) is -0.748. The van der Waals surface area contributed by atoms with Gasteiger partial charge in [0.05, 0.1) is 19.2 Å². The Bertz CT molecular complexity index is 750. The highest BCUT2D eigenvalue weighted by atomic mass is 16.5. The molecule has 152 valence electrons. The van der Waals surface area contributed by atoms with Crippen LogP contribution in [0.3, 0.4) is 0 Å². The van der Waals surface area contributed by atoms with Gasteiger partial charge >= 0.3 is 11.9 Å². The molecule has 9 nitrogen and oxygen atoms in total. The smallest absolute Gasteiger partial charge is 0.328 e. The van der Waals surface area contributed by atoms with Crippen LogP contribution in [0.15, 0.2) is 24.3 Å². The van der Waals surface area contributed by atoms with Crippen molar-refractivity contribution >= 4 is 29.4 Å². The number of hydrogen-bond donors (Lipinski definition) is 2. The van der Waals surface area contributed by atoms with Crippen LogP contribution in [-0.2, 0) is 28.7 Å². The van der Waals surface area contributed by atoms with Crippen LogP contribution in [0.5, 0.6) is 5.75 Å². The molecule has 1 aromatic rings. The lowest BCUT2D eigenvalue weighted by molar-refractivity contribution is -0.153. The summed E-state index contributed by atoms with van der Waals surface area (Å²) in [4.78, 5) is 47.8. The van der Waals surface area contributed by atoms with Crippen LogP contribution >= 0.6 is 0 Å². The van der Waals surface area contributed by atoms with Crippen LogP contribution < -0.4 is 15.4 Å². The molecule has 9 heteroatoms. The average molecular weight is 392 g/mol. The minimum absolute atomic E-state index is 0.147. The Morgan fingerprint density at radius 2 is 2.00 bits per heavy atom. The molecule has 1 heterocycles. The van der Waals surface area contributed by atoms with Gasteiger partial charge in [0.25, 0.3) is 11.8 Å². The molecule has 2 amide bonds. The standard InChI is InChI=1S/C19H24N2O7/c1-4-11(2)17(19(25)26-3)21-15(22)10-27-16(23)9-14-18(24)20-12-7-5-6-8-13(12)28-14/h5-8,11,14,17H,4,9-10H2,1-3H3,(H,20,24)(H,21,22)/t11-,14+,17+/m0/s1. The van der Waals surface area contributed by atoms with Crippen LogP contribution in [0.4, 0.5) is 5.69 Å². The van der Waals surface area contributed by atoms with Gasteiger partial charge in [-0.3, -0.25) is 14.4 Å². The topological polar surface area (TPSA) is 120 Å². The van der Waals surface area contributed by atoms with E-state index >= 15 is 0 Å². The van der Waals surface area contributed by atoms with Gasteiger partial charge < -0.3 is 24.8 Å². The van der Waals surface area contributed by atoms with Crippen LogP contribution in [0.2, 0.25) is 0 Å². The minimum atomic E-state index is -1.05. The van der Waals surface area contributed by atoms with Gasteiger partial charge in [-0.2, -0.15) is 0 Å². The third-order valence-corrected chi connectivity index (χ3v) is 4.41. The van der Waals surface area contributed by atoms with Crippen molar-refractivity contribution in [2.75, 3.05) is 19.0 Å². The molecule has 3 atom stereocenters. The number of hydrogen-bond acceptors (Lipinski definition) is 7. The van der Waals surface area contributed by atoms with E-state index in [0.29, 0.717) is 17.9 Å². The molecule has 0 fully saturated rings. The molecule has 2 N–H and O–H groups in total. The normalized spacial score (nSPS) is 17.2. The Hall–Kier alpha value is -3.10. The van der Waals surface area contributed by atoms with Crippen molar-refractivity contribution in [2.24, 2.45) is 5.92 Å². The predicted octanol–water partition coefficient (Wildman–Crippen LogP) is 1.02. The lowest BCUT2D eigenvalue weighted by atomic mass is 9.99. The molecule has 0 saturated carbocycles. The first-order valence-corrected chi connectivity index (χ1v) is 8.95. The third-order valence-electron chi connectivity index (χ3n) is 4.41. The van der Waals surface area contributed by atoms with Crippen LogP contribution in [0.25, 0.3) is 0 Å². The fourth-order valence-electron chi connectivity index (χ4n) is 2.59.